The predicted molar refractivity (Wildman–Crippen MR) is 74.6 cm³/mol. The Hall–Kier alpha value is -2.20. The number of amides is 1. The fraction of sp³-hybridized carbons (Fsp3) is 0.692. The highest BCUT2D eigenvalue weighted by molar-refractivity contribution is 6.17. The molecule has 130 valence electrons. The molecule has 10 heteroatoms. The van der Waals surface area contributed by atoms with Gasteiger partial charge in [0.15, 0.2) is 0 Å². The second-order valence-corrected chi connectivity index (χ2v) is 5.68. The Bertz CT molecular complexity index is 482. The minimum Gasteiger partial charge on any atom is -0.480 e. The van der Waals surface area contributed by atoms with E-state index in [2.05, 4.69) is 0 Å². The van der Waals surface area contributed by atoms with Crippen molar-refractivity contribution in [3.63, 3.8) is 0 Å². The lowest BCUT2D eigenvalue weighted by Gasteiger charge is -2.43. The van der Waals surface area contributed by atoms with E-state index in [0.717, 1.165) is 0 Å². The van der Waals surface area contributed by atoms with E-state index in [1.165, 1.54) is 23.9 Å². The summed E-state index contributed by atoms with van der Waals surface area (Å²) in [5.41, 5.74) is -3.16. The highest BCUT2D eigenvalue weighted by Gasteiger charge is 2.63. The summed E-state index contributed by atoms with van der Waals surface area (Å²) in [7, 11) is 2.93. The first kappa shape index (κ1) is 18.8. The van der Waals surface area contributed by atoms with Gasteiger partial charge in [0.25, 0.3) is 5.41 Å². The Morgan fingerprint density at radius 3 is 1.96 bits per heavy atom. The quantitative estimate of drug-likeness (QED) is 0.410. The molecular formula is C13H20N2O8. The highest BCUT2D eigenvalue weighted by Crippen LogP contribution is 2.34. The largest absolute Gasteiger partial charge is 0.480 e. The number of piperidine rings is 1. The van der Waals surface area contributed by atoms with Gasteiger partial charge >= 0.3 is 17.9 Å². The Kier molecular flexibility index (Phi) is 5.67. The molecule has 4 N–H and O–H groups in total. The van der Waals surface area contributed by atoms with E-state index < -0.39 is 41.4 Å². The number of carboxylic acid groups (broad SMARTS) is 3. The summed E-state index contributed by atoms with van der Waals surface area (Å²) in [6, 6.07) is -1.55. The number of likely N-dealkylation sites (N-methyl/N-ethyl adjacent to an activating group) is 1. The van der Waals surface area contributed by atoms with Crippen LogP contribution < -0.4 is 0 Å². The number of aliphatic carboxylic acids is 3. The van der Waals surface area contributed by atoms with Crippen molar-refractivity contribution in [1.82, 2.24) is 9.80 Å². The normalized spacial score (nSPS) is 22.4. The number of aliphatic hydroxyl groups is 1. The van der Waals surface area contributed by atoms with Gasteiger partial charge < -0.3 is 25.3 Å². The van der Waals surface area contributed by atoms with E-state index in [4.69, 9.17) is 0 Å². The van der Waals surface area contributed by atoms with Crippen LogP contribution in [0.25, 0.3) is 0 Å². The maximum Gasteiger partial charge on any atom is 0.334 e. The van der Waals surface area contributed by atoms with Crippen molar-refractivity contribution in [2.24, 2.45) is 5.41 Å². The topological polar surface area (TPSA) is 156 Å². The molecule has 1 aliphatic heterocycles. The molecule has 0 radical (unpaired) electrons. The molecule has 1 heterocycles. The second kappa shape index (κ2) is 6.92. The SMILES string of the molecule is CN(C)C(=O)CN1CCC(O)CC1C(C(=O)O)(C(=O)O)C(=O)O. The van der Waals surface area contributed by atoms with Crippen molar-refractivity contribution < 1.29 is 39.6 Å². The van der Waals surface area contributed by atoms with Crippen LogP contribution >= 0.6 is 0 Å². The van der Waals surface area contributed by atoms with Gasteiger partial charge in [0.2, 0.25) is 5.91 Å². The number of carbonyl (C=O) groups excluding carboxylic acids is 1. The van der Waals surface area contributed by atoms with Crippen LogP contribution in [0.3, 0.4) is 0 Å². The summed E-state index contributed by atoms with van der Waals surface area (Å²) in [5.74, 6) is -6.56. The van der Waals surface area contributed by atoms with Crippen LogP contribution in [0.15, 0.2) is 0 Å². The minimum absolute atomic E-state index is 0.0149. The average Bonchev–Trinajstić information content (AvgIpc) is 2.40. The second-order valence-electron chi connectivity index (χ2n) is 5.68. The van der Waals surface area contributed by atoms with Crippen molar-refractivity contribution in [2.75, 3.05) is 27.2 Å². The van der Waals surface area contributed by atoms with Crippen LogP contribution in [0.2, 0.25) is 0 Å². The third kappa shape index (κ3) is 3.42. The number of likely N-dealkylation sites (tertiary alicyclic amines) is 1. The number of carbonyl (C=O) groups is 4. The van der Waals surface area contributed by atoms with Gasteiger partial charge in [-0.25, -0.2) is 0 Å². The van der Waals surface area contributed by atoms with Crippen molar-refractivity contribution in [2.45, 2.75) is 25.0 Å². The van der Waals surface area contributed by atoms with Crippen LogP contribution in [0.5, 0.6) is 0 Å². The van der Waals surface area contributed by atoms with E-state index in [9.17, 15) is 39.6 Å². The summed E-state index contributed by atoms with van der Waals surface area (Å²) in [4.78, 5) is 48.8. The third-order valence-corrected chi connectivity index (χ3v) is 4.03. The van der Waals surface area contributed by atoms with Crippen LogP contribution in [0, 0.1) is 5.41 Å². The third-order valence-electron chi connectivity index (χ3n) is 4.03. The molecule has 1 fully saturated rings. The number of rotatable bonds is 6. The molecule has 2 atom stereocenters. The molecule has 1 rings (SSSR count). The van der Waals surface area contributed by atoms with E-state index in [0.29, 0.717) is 0 Å². The van der Waals surface area contributed by atoms with Crippen LogP contribution in [-0.4, -0.2) is 93.4 Å². The molecule has 2 unspecified atom stereocenters. The predicted octanol–water partition coefficient (Wildman–Crippen LogP) is -1.86. The molecule has 0 aliphatic carbocycles. The van der Waals surface area contributed by atoms with Gasteiger partial charge in [0, 0.05) is 20.6 Å². The Balaban J connectivity index is 3.31. The van der Waals surface area contributed by atoms with Crippen molar-refractivity contribution in [3.8, 4) is 0 Å². The zero-order valence-electron chi connectivity index (χ0n) is 12.8. The smallest absolute Gasteiger partial charge is 0.334 e. The number of hydrogen-bond donors (Lipinski definition) is 4. The van der Waals surface area contributed by atoms with Crippen molar-refractivity contribution >= 4 is 23.8 Å². The van der Waals surface area contributed by atoms with Gasteiger partial charge in [-0.05, 0) is 12.8 Å². The fourth-order valence-electron chi connectivity index (χ4n) is 2.65. The lowest BCUT2D eigenvalue weighted by atomic mass is 9.74. The summed E-state index contributed by atoms with van der Waals surface area (Å²) < 4.78 is 0. The van der Waals surface area contributed by atoms with Gasteiger partial charge in [-0.2, -0.15) is 0 Å². The van der Waals surface area contributed by atoms with Gasteiger partial charge in [-0.1, -0.05) is 0 Å². The maximum atomic E-state index is 11.9. The van der Waals surface area contributed by atoms with Gasteiger partial charge in [-0.3, -0.25) is 24.1 Å². The summed E-state index contributed by atoms with van der Waals surface area (Å²) in [5, 5.41) is 37.6. The Morgan fingerprint density at radius 1 is 1.09 bits per heavy atom. The van der Waals surface area contributed by atoms with Gasteiger partial charge in [0.1, 0.15) is 0 Å². The number of carboxylic acids is 3. The van der Waals surface area contributed by atoms with Gasteiger partial charge in [-0.15, -0.1) is 0 Å². The van der Waals surface area contributed by atoms with Crippen molar-refractivity contribution in [3.05, 3.63) is 0 Å². The standard InChI is InChI=1S/C13H20N2O8/c1-14(2)9(17)6-15-4-3-7(16)5-8(15)13(10(18)19,11(20)21)12(22)23/h7-8,16H,3-6H2,1-2H3,(H,18,19)(H,20,21)(H,22,23). The first-order valence-corrected chi connectivity index (χ1v) is 6.87. The summed E-state index contributed by atoms with van der Waals surface area (Å²) in [6.45, 7) is -0.318. The van der Waals surface area contributed by atoms with E-state index in [-0.39, 0.29) is 25.9 Å². The lowest BCUT2D eigenvalue weighted by Crippen LogP contribution is -2.64. The number of nitrogens with zero attached hydrogens (tertiary/aromatic N) is 2. The molecular weight excluding hydrogens is 312 g/mol. The fourth-order valence-corrected chi connectivity index (χ4v) is 2.65. The zero-order valence-corrected chi connectivity index (χ0v) is 12.8. The lowest BCUT2D eigenvalue weighted by molar-refractivity contribution is -0.185. The molecule has 1 amide bonds. The monoisotopic (exact) mass is 332 g/mol. The van der Waals surface area contributed by atoms with Crippen molar-refractivity contribution in [1.29, 1.82) is 0 Å². The molecule has 0 aromatic heterocycles. The molecule has 1 aliphatic rings. The van der Waals surface area contributed by atoms with E-state index >= 15 is 0 Å². The number of aliphatic hydroxyl groups excluding tert-OH is 1. The van der Waals surface area contributed by atoms with E-state index in [1.807, 2.05) is 0 Å². The summed E-state index contributed by atoms with van der Waals surface area (Å²) >= 11 is 0. The van der Waals surface area contributed by atoms with Gasteiger partial charge in [0.05, 0.1) is 18.7 Å². The molecule has 23 heavy (non-hydrogen) atoms. The molecule has 0 bridgehead atoms. The Labute approximate surface area is 131 Å². The van der Waals surface area contributed by atoms with Crippen LogP contribution in [0.1, 0.15) is 12.8 Å². The zero-order chi connectivity index (χ0) is 17.9. The first-order chi connectivity index (χ1) is 10.5. The molecule has 0 aromatic carbocycles. The number of hydrogen-bond acceptors (Lipinski definition) is 6. The van der Waals surface area contributed by atoms with E-state index in [1.54, 1.807) is 0 Å². The molecule has 0 spiro atoms. The molecule has 0 aromatic rings. The Morgan fingerprint density at radius 2 is 1.57 bits per heavy atom. The molecule has 10 nitrogen and oxygen atoms in total. The highest BCUT2D eigenvalue weighted by atomic mass is 16.4. The first-order valence-electron chi connectivity index (χ1n) is 6.87. The maximum absolute atomic E-state index is 11.9. The summed E-state index contributed by atoms with van der Waals surface area (Å²) in [6.07, 6.45) is -1.22. The molecule has 1 saturated heterocycles. The average molecular weight is 332 g/mol. The van der Waals surface area contributed by atoms with Crippen LogP contribution in [0.4, 0.5) is 0 Å². The van der Waals surface area contributed by atoms with Crippen LogP contribution in [-0.2, 0) is 19.2 Å². The molecule has 0 saturated carbocycles. The minimum atomic E-state index is -3.16.